The third-order valence-electron chi connectivity index (χ3n) is 4.63. The van der Waals surface area contributed by atoms with Gasteiger partial charge < -0.3 is 10.4 Å². The van der Waals surface area contributed by atoms with Crippen LogP contribution in [-0.2, 0) is 6.42 Å². The van der Waals surface area contributed by atoms with Gasteiger partial charge in [0.2, 0.25) is 0 Å². The molecule has 0 aliphatic carbocycles. The topological polar surface area (TPSA) is 32.3 Å². The molecule has 0 aliphatic heterocycles. The van der Waals surface area contributed by atoms with Crippen molar-refractivity contribution in [1.29, 1.82) is 0 Å². The maximum absolute atomic E-state index is 9.71. The Kier molecular flexibility index (Phi) is 6.37. The number of hydrogen-bond donors (Lipinski definition) is 2. The summed E-state index contributed by atoms with van der Waals surface area (Å²) in [4.78, 5) is 0. The van der Waals surface area contributed by atoms with Crippen LogP contribution in [0.4, 0.5) is 0 Å². The summed E-state index contributed by atoms with van der Waals surface area (Å²) < 4.78 is 0. The zero-order valence-corrected chi connectivity index (χ0v) is 14.8. The van der Waals surface area contributed by atoms with Crippen molar-refractivity contribution in [1.82, 2.24) is 5.32 Å². The third-order valence-corrected chi connectivity index (χ3v) is 4.63. The summed E-state index contributed by atoms with van der Waals surface area (Å²) >= 11 is 0. The first kappa shape index (κ1) is 17.7. The molecule has 23 heavy (non-hydrogen) atoms. The van der Waals surface area contributed by atoms with E-state index in [0.717, 1.165) is 13.0 Å². The second kappa shape index (κ2) is 8.28. The minimum absolute atomic E-state index is 0.209. The second-order valence-electron chi connectivity index (χ2n) is 6.67. The van der Waals surface area contributed by atoms with Crippen LogP contribution in [0.15, 0.2) is 42.5 Å². The Morgan fingerprint density at radius 2 is 1.74 bits per heavy atom. The molecular weight excluding hydrogens is 282 g/mol. The summed E-state index contributed by atoms with van der Waals surface area (Å²) in [5.74, 6) is 0.240. The van der Waals surface area contributed by atoms with Crippen molar-refractivity contribution in [2.45, 2.75) is 40.2 Å². The van der Waals surface area contributed by atoms with Gasteiger partial charge in [-0.05, 0) is 62.3 Å². The molecule has 2 heteroatoms. The molecule has 2 unspecified atom stereocenters. The van der Waals surface area contributed by atoms with Crippen molar-refractivity contribution in [3.8, 4) is 0 Å². The second-order valence-corrected chi connectivity index (χ2v) is 6.67. The molecule has 124 valence electrons. The summed E-state index contributed by atoms with van der Waals surface area (Å²) in [6.07, 6.45) is 0.912. The van der Waals surface area contributed by atoms with E-state index in [-0.39, 0.29) is 12.5 Å². The Bertz CT molecular complexity index is 635. The van der Waals surface area contributed by atoms with Gasteiger partial charge in [0.15, 0.2) is 0 Å². The zero-order chi connectivity index (χ0) is 16.8. The molecular formula is C21H29NO. The Balaban J connectivity index is 1.96. The molecule has 0 bridgehead atoms. The lowest BCUT2D eigenvalue weighted by Gasteiger charge is -2.21. The van der Waals surface area contributed by atoms with Crippen LogP contribution in [0.3, 0.4) is 0 Å². The fourth-order valence-electron chi connectivity index (χ4n) is 3.12. The normalized spacial score (nSPS) is 13.8. The maximum Gasteiger partial charge on any atom is 0.0474 e. The predicted molar refractivity (Wildman–Crippen MR) is 97.8 cm³/mol. The lowest BCUT2D eigenvalue weighted by Crippen LogP contribution is -2.29. The van der Waals surface area contributed by atoms with Crippen molar-refractivity contribution in [3.05, 3.63) is 70.3 Å². The zero-order valence-electron chi connectivity index (χ0n) is 14.8. The van der Waals surface area contributed by atoms with Crippen LogP contribution in [0.1, 0.15) is 40.8 Å². The van der Waals surface area contributed by atoms with Gasteiger partial charge in [-0.15, -0.1) is 0 Å². The molecule has 0 spiro atoms. The van der Waals surface area contributed by atoms with Crippen LogP contribution < -0.4 is 5.32 Å². The van der Waals surface area contributed by atoms with E-state index in [4.69, 9.17) is 0 Å². The number of hydrogen-bond acceptors (Lipinski definition) is 2. The quantitative estimate of drug-likeness (QED) is 0.806. The van der Waals surface area contributed by atoms with Gasteiger partial charge in [0.25, 0.3) is 0 Å². The molecule has 2 atom stereocenters. The highest BCUT2D eigenvalue weighted by atomic mass is 16.3. The average molecular weight is 311 g/mol. The van der Waals surface area contributed by atoms with Crippen molar-refractivity contribution in [2.24, 2.45) is 5.92 Å². The van der Waals surface area contributed by atoms with Gasteiger partial charge >= 0.3 is 0 Å². The minimum atomic E-state index is 0.209. The van der Waals surface area contributed by atoms with Gasteiger partial charge in [-0.3, -0.25) is 0 Å². The summed E-state index contributed by atoms with van der Waals surface area (Å²) in [7, 11) is 0. The van der Waals surface area contributed by atoms with Gasteiger partial charge in [-0.2, -0.15) is 0 Å². The maximum atomic E-state index is 9.71. The summed E-state index contributed by atoms with van der Waals surface area (Å²) in [5.41, 5.74) is 6.58. The molecule has 0 amide bonds. The highest BCUT2D eigenvalue weighted by Crippen LogP contribution is 2.19. The first-order chi connectivity index (χ1) is 11.0. The molecule has 2 N–H and O–H groups in total. The highest BCUT2D eigenvalue weighted by Gasteiger charge is 2.13. The lowest BCUT2D eigenvalue weighted by molar-refractivity contribution is 0.218. The molecule has 0 aromatic heterocycles. The highest BCUT2D eigenvalue weighted by molar-refractivity contribution is 5.32. The minimum Gasteiger partial charge on any atom is -0.396 e. The Morgan fingerprint density at radius 3 is 2.39 bits per heavy atom. The van der Waals surface area contributed by atoms with E-state index >= 15 is 0 Å². The number of aliphatic hydroxyl groups is 1. The van der Waals surface area contributed by atoms with Gasteiger partial charge in [0.05, 0.1) is 0 Å². The van der Waals surface area contributed by atoms with Gasteiger partial charge in [-0.1, -0.05) is 48.0 Å². The molecule has 0 saturated carbocycles. The van der Waals surface area contributed by atoms with Gasteiger partial charge in [0, 0.05) is 19.2 Å². The third kappa shape index (κ3) is 4.92. The van der Waals surface area contributed by atoms with E-state index in [9.17, 15) is 5.11 Å². The van der Waals surface area contributed by atoms with Gasteiger partial charge in [0.1, 0.15) is 0 Å². The first-order valence-electron chi connectivity index (χ1n) is 8.47. The number of rotatable bonds is 7. The SMILES string of the molecule is Cc1ccc(C(C)NCC(CO)Cc2ccccc2C)c(C)c1. The number of aryl methyl sites for hydroxylation is 3. The molecule has 2 aromatic rings. The molecule has 0 radical (unpaired) electrons. The number of nitrogens with one attached hydrogen (secondary N) is 1. The average Bonchev–Trinajstić information content (AvgIpc) is 2.52. The number of aliphatic hydroxyl groups excluding tert-OH is 1. The van der Waals surface area contributed by atoms with Crippen LogP contribution in [0.5, 0.6) is 0 Å². The Labute approximate surface area is 140 Å². The first-order valence-corrected chi connectivity index (χ1v) is 8.47. The number of benzene rings is 2. The monoisotopic (exact) mass is 311 g/mol. The molecule has 2 aromatic carbocycles. The van der Waals surface area contributed by atoms with Crippen LogP contribution in [0, 0.1) is 26.7 Å². The van der Waals surface area contributed by atoms with Crippen LogP contribution in [0.2, 0.25) is 0 Å². The summed E-state index contributed by atoms with van der Waals surface area (Å²) in [5, 5.41) is 13.3. The van der Waals surface area contributed by atoms with E-state index < -0.39 is 0 Å². The molecule has 0 fully saturated rings. The lowest BCUT2D eigenvalue weighted by atomic mass is 9.95. The van der Waals surface area contributed by atoms with E-state index in [1.165, 1.54) is 27.8 Å². The van der Waals surface area contributed by atoms with Crippen molar-refractivity contribution in [2.75, 3.05) is 13.2 Å². The van der Waals surface area contributed by atoms with Crippen LogP contribution in [0.25, 0.3) is 0 Å². The fraction of sp³-hybridized carbons (Fsp3) is 0.429. The van der Waals surface area contributed by atoms with Gasteiger partial charge in [-0.25, -0.2) is 0 Å². The molecule has 0 aliphatic rings. The molecule has 0 heterocycles. The smallest absolute Gasteiger partial charge is 0.0474 e. The predicted octanol–water partition coefficient (Wildman–Crippen LogP) is 4.11. The van der Waals surface area contributed by atoms with Crippen LogP contribution >= 0.6 is 0 Å². The van der Waals surface area contributed by atoms with Crippen molar-refractivity contribution in [3.63, 3.8) is 0 Å². The van der Waals surface area contributed by atoms with E-state index in [0.29, 0.717) is 6.04 Å². The molecule has 2 rings (SSSR count). The fourth-order valence-corrected chi connectivity index (χ4v) is 3.12. The Morgan fingerprint density at radius 1 is 1.00 bits per heavy atom. The van der Waals surface area contributed by atoms with E-state index in [1.807, 2.05) is 0 Å². The summed E-state index contributed by atoms with van der Waals surface area (Å²) in [6, 6.07) is 15.3. The summed E-state index contributed by atoms with van der Waals surface area (Å²) in [6.45, 7) is 9.64. The Hall–Kier alpha value is -1.64. The molecule has 0 saturated heterocycles. The van der Waals surface area contributed by atoms with E-state index in [2.05, 4.69) is 75.5 Å². The largest absolute Gasteiger partial charge is 0.396 e. The molecule has 2 nitrogen and oxygen atoms in total. The van der Waals surface area contributed by atoms with Crippen molar-refractivity contribution < 1.29 is 5.11 Å². The van der Waals surface area contributed by atoms with Crippen LogP contribution in [-0.4, -0.2) is 18.3 Å². The van der Waals surface area contributed by atoms with E-state index in [1.54, 1.807) is 0 Å². The van der Waals surface area contributed by atoms with Crippen molar-refractivity contribution >= 4 is 0 Å². The standard InChI is InChI=1S/C21H29NO/c1-15-9-10-21(17(3)11-15)18(4)22-13-19(14-23)12-20-8-6-5-7-16(20)2/h5-11,18-19,22-23H,12-14H2,1-4H3.